The van der Waals surface area contributed by atoms with Crippen LogP contribution in [-0.4, -0.2) is 48.8 Å². The summed E-state index contributed by atoms with van der Waals surface area (Å²) in [5.41, 5.74) is 1.95. The molecule has 27 heavy (non-hydrogen) atoms. The van der Waals surface area contributed by atoms with Crippen LogP contribution in [0.15, 0.2) is 23.1 Å². The smallest absolute Gasteiger partial charge is 0.326 e. The predicted octanol–water partition coefficient (Wildman–Crippen LogP) is 1.93. The summed E-state index contributed by atoms with van der Waals surface area (Å²) in [5.74, 6) is -1.99. The van der Waals surface area contributed by atoms with Gasteiger partial charge in [-0.3, -0.25) is 4.79 Å². The van der Waals surface area contributed by atoms with Crippen molar-refractivity contribution in [3.63, 3.8) is 0 Å². The van der Waals surface area contributed by atoms with Gasteiger partial charge in [0.2, 0.25) is 15.9 Å². The third-order valence-corrected chi connectivity index (χ3v) is 7.07. The lowest BCUT2D eigenvalue weighted by atomic mass is 9.95. The Balaban J connectivity index is 2.02. The van der Waals surface area contributed by atoms with Gasteiger partial charge in [0.05, 0.1) is 4.90 Å². The number of aliphatic carboxylic acids is 1. The van der Waals surface area contributed by atoms with Crippen molar-refractivity contribution < 1.29 is 23.1 Å². The minimum atomic E-state index is -3.59. The van der Waals surface area contributed by atoms with Crippen molar-refractivity contribution in [3.05, 3.63) is 29.3 Å². The highest BCUT2D eigenvalue weighted by molar-refractivity contribution is 7.89. The second-order valence-corrected chi connectivity index (χ2v) is 9.43. The number of rotatable bonds is 6. The molecule has 8 heteroatoms. The lowest BCUT2D eigenvalue weighted by Crippen LogP contribution is -2.49. The van der Waals surface area contributed by atoms with Gasteiger partial charge in [0.15, 0.2) is 0 Å². The SMILES string of the molecule is Cc1ccc(S(=O)(=O)N2CCC(C(=O)N[C@H](C(=O)O)C(C)C)CC2)cc1C. The monoisotopic (exact) mass is 396 g/mol. The predicted molar refractivity (Wildman–Crippen MR) is 102 cm³/mol. The van der Waals surface area contributed by atoms with Crippen molar-refractivity contribution >= 4 is 21.9 Å². The quantitative estimate of drug-likeness (QED) is 0.765. The van der Waals surface area contributed by atoms with Crippen molar-refractivity contribution in [1.29, 1.82) is 0 Å². The number of aryl methyl sites for hydroxylation is 2. The van der Waals surface area contributed by atoms with E-state index in [0.29, 0.717) is 12.8 Å². The van der Waals surface area contributed by atoms with Gasteiger partial charge < -0.3 is 10.4 Å². The number of nitrogens with one attached hydrogen (secondary N) is 1. The molecule has 0 radical (unpaired) electrons. The Morgan fingerprint density at radius 2 is 1.74 bits per heavy atom. The van der Waals surface area contributed by atoms with Crippen LogP contribution in [-0.2, 0) is 19.6 Å². The Bertz CT molecular complexity index is 811. The van der Waals surface area contributed by atoms with E-state index < -0.39 is 22.0 Å². The van der Waals surface area contributed by atoms with Gasteiger partial charge in [0.25, 0.3) is 0 Å². The Hall–Kier alpha value is -1.93. The van der Waals surface area contributed by atoms with Crippen LogP contribution < -0.4 is 5.32 Å². The van der Waals surface area contributed by atoms with E-state index in [9.17, 15) is 23.1 Å². The van der Waals surface area contributed by atoms with E-state index in [2.05, 4.69) is 5.32 Å². The van der Waals surface area contributed by atoms with Crippen LogP contribution in [0.25, 0.3) is 0 Å². The average molecular weight is 397 g/mol. The molecule has 1 aliphatic heterocycles. The van der Waals surface area contributed by atoms with E-state index in [1.54, 1.807) is 32.0 Å². The van der Waals surface area contributed by atoms with Crippen molar-refractivity contribution in [1.82, 2.24) is 9.62 Å². The van der Waals surface area contributed by atoms with Crippen LogP contribution in [0.2, 0.25) is 0 Å². The molecule has 0 aliphatic carbocycles. The van der Waals surface area contributed by atoms with Gasteiger partial charge in [-0.1, -0.05) is 19.9 Å². The van der Waals surface area contributed by atoms with Crippen molar-refractivity contribution in [2.75, 3.05) is 13.1 Å². The van der Waals surface area contributed by atoms with Crippen LogP contribution in [0.5, 0.6) is 0 Å². The molecule has 1 saturated heterocycles. The van der Waals surface area contributed by atoms with E-state index in [-0.39, 0.29) is 35.7 Å². The second kappa shape index (κ2) is 8.39. The molecule has 0 bridgehead atoms. The summed E-state index contributed by atoms with van der Waals surface area (Å²) in [7, 11) is -3.59. The van der Waals surface area contributed by atoms with E-state index in [1.807, 2.05) is 13.8 Å². The summed E-state index contributed by atoms with van der Waals surface area (Å²) < 4.78 is 27.1. The third-order valence-electron chi connectivity index (χ3n) is 5.17. The number of benzene rings is 1. The van der Waals surface area contributed by atoms with E-state index in [4.69, 9.17) is 0 Å². The topological polar surface area (TPSA) is 104 Å². The van der Waals surface area contributed by atoms with Gasteiger partial charge >= 0.3 is 5.97 Å². The lowest BCUT2D eigenvalue weighted by Gasteiger charge is -2.31. The molecule has 7 nitrogen and oxygen atoms in total. The summed E-state index contributed by atoms with van der Waals surface area (Å²) >= 11 is 0. The Morgan fingerprint density at radius 1 is 1.15 bits per heavy atom. The molecule has 1 aromatic carbocycles. The highest BCUT2D eigenvalue weighted by Crippen LogP contribution is 2.25. The van der Waals surface area contributed by atoms with Crippen LogP contribution in [0.4, 0.5) is 0 Å². The minimum Gasteiger partial charge on any atom is -0.480 e. The van der Waals surface area contributed by atoms with E-state index >= 15 is 0 Å². The van der Waals surface area contributed by atoms with Gasteiger partial charge in [-0.15, -0.1) is 0 Å². The molecule has 2 N–H and O–H groups in total. The zero-order chi connectivity index (χ0) is 20.4. The standard InChI is InChI=1S/C19H28N2O5S/c1-12(2)17(19(23)24)20-18(22)15-7-9-21(10-8-15)27(25,26)16-6-5-13(3)14(4)11-16/h5-6,11-12,15,17H,7-10H2,1-4H3,(H,20,22)(H,23,24)/t17-/m0/s1. The number of carboxylic acids is 1. The molecule has 0 aromatic heterocycles. The fourth-order valence-corrected chi connectivity index (χ4v) is 4.72. The van der Waals surface area contributed by atoms with E-state index in [0.717, 1.165) is 11.1 Å². The zero-order valence-corrected chi connectivity index (χ0v) is 17.0. The summed E-state index contributed by atoms with van der Waals surface area (Å²) in [4.78, 5) is 23.9. The van der Waals surface area contributed by atoms with Crippen LogP contribution in [0.1, 0.15) is 37.8 Å². The maximum absolute atomic E-state index is 12.8. The first-order valence-corrected chi connectivity index (χ1v) is 10.6. The molecule has 1 atom stereocenters. The molecule has 150 valence electrons. The summed E-state index contributed by atoms with van der Waals surface area (Å²) in [6.45, 7) is 7.75. The lowest BCUT2D eigenvalue weighted by molar-refractivity contribution is -0.144. The summed E-state index contributed by atoms with van der Waals surface area (Å²) in [6.07, 6.45) is 0.751. The molecule has 1 amide bonds. The van der Waals surface area contributed by atoms with Gasteiger partial charge in [-0.05, 0) is 55.9 Å². The van der Waals surface area contributed by atoms with Gasteiger partial charge in [-0.25, -0.2) is 13.2 Å². The maximum atomic E-state index is 12.8. The second-order valence-electron chi connectivity index (χ2n) is 7.49. The molecular formula is C19H28N2O5S. The number of sulfonamides is 1. The molecule has 0 saturated carbocycles. The van der Waals surface area contributed by atoms with Crippen LogP contribution in [0.3, 0.4) is 0 Å². The molecule has 2 rings (SSSR count). The number of hydrogen-bond acceptors (Lipinski definition) is 4. The molecule has 1 aliphatic rings. The number of piperidine rings is 1. The minimum absolute atomic E-state index is 0.225. The normalized spacial score (nSPS) is 17.7. The van der Waals surface area contributed by atoms with Crippen LogP contribution >= 0.6 is 0 Å². The Kier molecular flexibility index (Phi) is 6.64. The van der Waals surface area contributed by atoms with Gasteiger partial charge in [0.1, 0.15) is 6.04 Å². The first kappa shape index (κ1) is 21.4. The number of carbonyl (C=O) groups excluding carboxylic acids is 1. The Labute approximate surface area is 160 Å². The van der Waals surface area contributed by atoms with Gasteiger partial charge in [-0.2, -0.15) is 4.31 Å². The maximum Gasteiger partial charge on any atom is 0.326 e. The fourth-order valence-electron chi connectivity index (χ4n) is 3.17. The fraction of sp³-hybridized carbons (Fsp3) is 0.579. The van der Waals surface area contributed by atoms with Crippen molar-refractivity contribution in [2.24, 2.45) is 11.8 Å². The molecule has 1 heterocycles. The summed E-state index contributed by atoms with van der Waals surface area (Å²) in [5, 5.41) is 11.8. The molecule has 0 unspecified atom stereocenters. The molecule has 0 spiro atoms. The van der Waals surface area contributed by atoms with Crippen molar-refractivity contribution in [2.45, 2.75) is 51.5 Å². The molecule has 1 aromatic rings. The highest BCUT2D eigenvalue weighted by atomic mass is 32.2. The first-order valence-electron chi connectivity index (χ1n) is 9.14. The Morgan fingerprint density at radius 3 is 2.22 bits per heavy atom. The number of carbonyl (C=O) groups is 2. The van der Waals surface area contributed by atoms with Crippen molar-refractivity contribution in [3.8, 4) is 0 Å². The number of amides is 1. The highest BCUT2D eigenvalue weighted by Gasteiger charge is 2.34. The third kappa shape index (κ3) is 4.87. The number of hydrogen-bond donors (Lipinski definition) is 2. The first-order chi connectivity index (χ1) is 12.5. The molecule has 1 fully saturated rings. The van der Waals surface area contributed by atoms with E-state index in [1.165, 1.54) is 4.31 Å². The molecular weight excluding hydrogens is 368 g/mol. The van der Waals surface area contributed by atoms with Crippen LogP contribution in [0, 0.1) is 25.7 Å². The average Bonchev–Trinajstić information content (AvgIpc) is 2.61. The number of carboxylic acid groups (broad SMARTS) is 1. The zero-order valence-electron chi connectivity index (χ0n) is 16.2. The number of nitrogens with zero attached hydrogens (tertiary/aromatic N) is 1. The largest absolute Gasteiger partial charge is 0.480 e. The summed E-state index contributed by atoms with van der Waals surface area (Å²) in [6, 6.07) is 4.13. The van der Waals surface area contributed by atoms with Gasteiger partial charge in [0, 0.05) is 19.0 Å².